The molecule has 0 aliphatic carbocycles. The molecule has 1 aromatic rings. The van der Waals surface area contributed by atoms with Crippen molar-refractivity contribution in [3.63, 3.8) is 0 Å². The van der Waals surface area contributed by atoms with E-state index in [1.807, 2.05) is 0 Å². The maximum absolute atomic E-state index is 12.6. The van der Waals surface area contributed by atoms with Gasteiger partial charge in [-0.1, -0.05) is 0 Å². The molecule has 4 N–H and O–H groups in total. The summed E-state index contributed by atoms with van der Waals surface area (Å²) in [5.74, 6) is -1.07. The summed E-state index contributed by atoms with van der Waals surface area (Å²) < 4.78 is 42.7. The lowest BCUT2D eigenvalue weighted by atomic mass is 10.2. The number of nitrogens with one attached hydrogen (secondary N) is 1. The van der Waals surface area contributed by atoms with E-state index in [1.54, 1.807) is 0 Å². The van der Waals surface area contributed by atoms with E-state index in [2.05, 4.69) is 10.3 Å². The molecule has 0 fully saturated rings. The Labute approximate surface area is 119 Å². The second kappa shape index (κ2) is 7.79. The number of halogens is 3. The van der Waals surface area contributed by atoms with E-state index < -0.39 is 17.8 Å². The Balaban J connectivity index is 2.71. The molecule has 1 amide bonds. The van der Waals surface area contributed by atoms with Crippen LogP contribution in [-0.4, -0.2) is 42.4 Å². The van der Waals surface area contributed by atoms with Gasteiger partial charge in [0, 0.05) is 13.2 Å². The van der Waals surface area contributed by atoms with Crippen LogP contribution in [0.15, 0.2) is 12.1 Å². The first-order valence-corrected chi connectivity index (χ1v) is 6.16. The van der Waals surface area contributed by atoms with Crippen molar-refractivity contribution in [3.05, 3.63) is 23.4 Å². The monoisotopic (exact) mass is 307 g/mol. The number of aromatic nitrogens is 1. The number of aliphatic hydroxyl groups excluding tert-OH is 1. The zero-order chi connectivity index (χ0) is 15.9. The number of carbonyl (C=O) groups is 1. The second-order valence-corrected chi connectivity index (χ2v) is 4.07. The van der Waals surface area contributed by atoms with Gasteiger partial charge in [-0.2, -0.15) is 13.2 Å². The topological polar surface area (TPSA) is 97.5 Å². The highest BCUT2D eigenvalue weighted by Gasteiger charge is 2.33. The molecule has 6 nitrogen and oxygen atoms in total. The number of ether oxygens (including phenoxy) is 1. The average Bonchev–Trinajstić information content (AvgIpc) is 2.41. The molecule has 0 unspecified atom stereocenters. The number of anilines is 1. The molecule has 0 radical (unpaired) electrons. The molecule has 1 aromatic heterocycles. The van der Waals surface area contributed by atoms with Gasteiger partial charge in [0.25, 0.3) is 5.91 Å². The Morgan fingerprint density at radius 2 is 2.10 bits per heavy atom. The predicted octanol–water partition coefficient (Wildman–Crippen LogP) is 1.01. The minimum atomic E-state index is -4.60. The summed E-state index contributed by atoms with van der Waals surface area (Å²) in [5, 5.41) is 11.1. The average molecular weight is 307 g/mol. The Morgan fingerprint density at radius 3 is 2.67 bits per heavy atom. The number of amides is 1. The summed E-state index contributed by atoms with van der Waals surface area (Å²) in [6.45, 7) is 0.654. The molecule has 1 heterocycles. The van der Waals surface area contributed by atoms with Crippen molar-refractivity contribution < 1.29 is 27.8 Å². The first-order valence-electron chi connectivity index (χ1n) is 6.16. The standard InChI is InChI=1S/C12H16F3N3O3/c13-12(14,15)9-3-2-8(10(16)20)11(18-9)17-4-1-6-21-7-5-19/h2-3,19H,1,4-7H2,(H2,16,20)(H,17,18). The predicted molar refractivity (Wildman–Crippen MR) is 68.8 cm³/mol. The zero-order valence-electron chi connectivity index (χ0n) is 11.1. The van der Waals surface area contributed by atoms with Gasteiger partial charge in [-0.25, -0.2) is 4.98 Å². The number of rotatable bonds is 8. The van der Waals surface area contributed by atoms with E-state index >= 15 is 0 Å². The van der Waals surface area contributed by atoms with Crippen molar-refractivity contribution in [2.24, 2.45) is 5.73 Å². The van der Waals surface area contributed by atoms with Crippen molar-refractivity contribution in [2.75, 3.05) is 31.7 Å². The van der Waals surface area contributed by atoms with Crippen LogP contribution < -0.4 is 11.1 Å². The number of hydrogen-bond acceptors (Lipinski definition) is 5. The van der Waals surface area contributed by atoms with E-state index in [0.29, 0.717) is 19.1 Å². The van der Waals surface area contributed by atoms with E-state index in [9.17, 15) is 18.0 Å². The molecule has 1 rings (SSSR count). The highest BCUT2D eigenvalue weighted by molar-refractivity contribution is 5.97. The molecule has 0 atom stereocenters. The van der Waals surface area contributed by atoms with Crippen LogP contribution >= 0.6 is 0 Å². The fraction of sp³-hybridized carbons (Fsp3) is 0.500. The van der Waals surface area contributed by atoms with Crippen molar-refractivity contribution in [1.29, 1.82) is 0 Å². The van der Waals surface area contributed by atoms with Crippen LogP contribution in [-0.2, 0) is 10.9 Å². The van der Waals surface area contributed by atoms with Gasteiger partial charge in [-0.3, -0.25) is 4.79 Å². The summed E-state index contributed by atoms with van der Waals surface area (Å²) in [5.41, 5.74) is 3.87. The summed E-state index contributed by atoms with van der Waals surface area (Å²) in [7, 11) is 0. The van der Waals surface area contributed by atoms with Gasteiger partial charge in [0.05, 0.1) is 18.8 Å². The minimum Gasteiger partial charge on any atom is -0.394 e. The second-order valence-electron chi connectivity index (χ2n) is 4.07. The molecule has 0 aromatic carbocycles. The molecule has 0 bridgehead atoms. The normalized spacial score (nSPS) is 11.4. The summed E-state index contributed by atoms with van der Waals surface area (Å²) in [6.07, 6.45) is -4.13. The third kappa shape index (κ3) is 5.56. The quantitative estimate of drug-likeness (QED) is 0.623. The van der Waals surface area contributed by atoms with Crippen LogP contribution in [0.3, 0.4) is 0 Å². The highest BCUT2D eigenvalue weighted by atomic mass is 19.4. The SMILES string of the molecule is NC(=O)c1ccc(C(F)(F)F)nc1NCCCOCCO. The Morgan fingerprint density at radius 1 is 1.38 bits per heavy atom. The van der Waals surface area contributed by atoms with E-state index in [1.165, 1.54) is 0 Å². The molecule has 9 heteroatoms. The first-order chi connectivity index (χ1) is 9.86. The zero-order valence-corrected chi connectivity index (χ0v) is 11.1. The maximum atomic E-state index is 12.6. The van der Waals surface area contributed by atoms with Crippen LogP contribution in [0, 0.1) is 0 Å². The number of primary amides is 1. The number of hydrogen-bond donors (Lipinski definition) is 3. The Kier molecular flexibility index (Phi) is 6.38. The smallest absolute Gasteiger partial charge is 0.394 e. The van der Waals surface area contributed by atoms with Crippen LogP contribution in [0.25, 0.3) is 0 Å². The third-order valence-electron chi connectivity index (χ3n) is 2.44. The van der Waals surface area contributed by atoms with Crippen molar-refractivity contribution in [1.82, 2.24) is 4.98 Å². The number of pyridine rings is 1. The van der Waals surface area contributed by atoms with Gasteiger partial charge in [-0.15, -0.1) is 0 Å². The number of nitrogens with zero attached hydrogens (tertiary/aromatic N) is 1. The molecule has 0 saturated heterocycles. The molecule has 0 aliphatic heterocycles. The lowest BCUT2D eigenvalue weighted by Gasteiger charge is -2.12. The maximum Gasteiger partial charge on any atom is 0.433 e. The Hall–Kier alpha value is -1.87. The Bertz CT molecular complexity index is 481. The summed E-state index contributed by atoms with van der Waals surface area (Å²) >= 11 is 0. The molecular formula is C12H16F3N3O3. The van der Waals surface area contributed by atoms with E-state index in [4.69, 9.17) is 15.6 Å². The highest BCUT2D eigenvalue weighted by Crippen LogP contribution is 2.29. The van der Waals surface area contributed by atoms with Gasteiger partial charge in [-0.05, 0) is 18.6 Å². The summed E-state index contributed by atoms with van der Waals surface area (Å²) in [6, 6.07) is 1.69. The molecule has 118 valence electrons. The molecule has 21 heavy (non-hydrogen) atoms. The number of aliphatic hydroxyl groups is 1. The lowest BCUT2D eigenvalue weighted by Crippen LogP contribution is -2.19. The molecule has 0 spiro atoms. The van der Waals surface area contributed by atoms with Gasteiger partial charge in [0.15, 0.2) is 0 Å². The van der Waals surface area contributed by atoms with Crippen LogP contribution in [0.5, 0.6) is 0 Å². The fourth-order valence-electron chi connectivity index (χ4n) is 1.50. The van der Waals surface area contributed by atoms with Crippen LogP contribution in [0.1, 0.15) is 22.5 Å². The van der Waals surface area contributed by atoms with E-state index in [-0.39, 0.29) is 31.1 Å². The first kappa shape index (κ1) is 17.2. The summed E-state index contributed by atoms with van der Waals surface area (Å²) in [4.78, 5) is 14.5. The van der Waals surface area contributed by atoms with Crippen molar-refractivity contribution >= 4 is 11.7 Å². The van der Waals surface area contributed by atoms with Crippen LogP contribution in [0.4, 0.5) is 19.0 Å². The lowest BCUT2D eigenvalue weighted by molar-refractivity contribution is -0.141. The van der Waals surface area contributed by atoms with Gasteiger partial charge < -0.3 is 20.9 Å². The third-order valence-corrected chi connectivity index (χ3v) is 2.44. The molecule has 0 saturated carbocycles. The van der Waals surface area contributed by atoms with Crippen molar-refractivity contribution in [3.8, 4) is 0 Å². The number of nitrogens with two attached hydrogens (primary N) is 1. The van der Waals surface area contributed by atoms with Crippen LogP contribution in [0.2, 0.25) is 0 Å². The number of carbonyl (C=O) groups excluding carboxylic acids is 1. The van der Waals surface area contributed by atoms with Gasteiger partial charge in [0.1, 0.15) is 11.5 Å². The largest absolute Gasteiger partial charge is 0.433 e. The van der Waals surface area contributed by atoms with Gasteiger partial charge >= 0.3 is 6.18 Å². The fourth-order valence-corrected chi connectivity index (χ4v) is 1.50. The van der Waals surface area contributed by atoms with Crippen molar-refractivity contribution in [2.45, 2.75) is 12.6 Å². The van der Waals surface area contributed by atoms with Gasteiger partial charge in [0.2, 0.25) is 0 Å². The minimum absolute atomic E-state index is 0.103. The molecular weight excluding hydrogens is 291 g/mol. The number of alkyl halides is 3. The molecule has 0 aliphatic rings. The van der Waals surface area contributed by atoms with E-state index in [0.717, 1.165) is 6.07 Å².